The maximum Gasteiger partial charge on any atom is 0.261 e. The summed E-state index contributed by atoms with van der Waals surface area (Å²) in [4.78, 5) is 28.5. The second kappa shape index (κ2) is 10.2. The summed E-state index contributed by atoms with van der Waals surface area (Å²) in [5, 5.41) is 0.310. The molecule has 1 N–H and O–H groups in total. The van der Waals surface area contributed by atoms with Crippen LogP contribution in [0.2, 0.25) is 5.02 Å². The number of nitrogens with one attached hydrogen (secondary N) is 1. The molecule has 3 aromatic rings. The normalized spacial score (nSPS) is 13.6. The van der Waals surface area contributed by atoms with E-state index in [9.17, 15) is 18.0 Å². The van der Waals surface area contributed by atoms with E-state index < -0.39 is 10.0 Å². The Balaban J connectivity index is 1.70. The molecule has 1 heterocycles. The van der Waals surface area contributed by atoms with Crippen LogP contribution in [0.5, 0.6) is 0 Å². The molecule has 1 saturated heterocycles. The number of ketones is 1. The van der Waals surface area contributed by atoms with Crippen molar-refractivity contribution < 1.29 is 18.0 Å². The molecular formula is C25H23ClN2O4S2. The zero-order valence-electron chi connectivity index (χ0n) is 18.5. The fourth-order valence-corrected chi connectivity index (χ4v) is 5.70. The van der Waals surface area contributed by atoms with Gasteiger partial charge in [0.25, 0.3) is 15.9 Å². The molecule has 0 aliphatic carbocycles. The van der Waals surface area contributed by atoms with Crippen molar-refractivity contribution in [1.82, 2.24) is 4.90 Å². The van der Waals surface area contributed by atoms with E-state index in [1.54, 1.807) is 41.3 Å². The fraction of sp³-hybridized carbons (Fsp3) is 0.200. The van der Waals surface area contributed by atoms with Gasteiger partial charge in [-0.15, -0.1) is 11.8 Å². The van der Waals surface area contributed by atoms with Gasteiger partial charge in [-0.25, -0.2) is 8.42 Å². The van der Waals surface area contributed by atoms with Crippen molar-refractivity contribution in [2.45, 2.75) is 22.6 Å². The van der Waals surface area contributed by atoms with Crippen LogP contribution in [0.1, 0.15) is 39.1 Å². The summed E-state index contributed by atoms with van der Waals surface area (Å²) in [7, 11) is -4.09. The van der Waals surface area contributed by atoms with E-state index in [1.165, 1.54) is 42.1 Å². The lowest BCUT2D eigenvalue weighted by molar-refractivity contribution is 0.0789. The highest BCUT2D eigenvalue weighted by Gasteiger charge is 2.25. The van der Waals surface area contributed by atoms with E-state index in [2.05, 4.69) is 4.72 Å². The molecule has 0 unspecified atom stereocenters. The highest BCUT2D eigenvalue weighted by atomic mass is 35.5. The largest absolute Gasteiger partial charge is 0.339 e. The number of carbonyl (C=O) groups excluding carboxylic acids is 2. The number of benzene rings is 3. The van der Waals surface area contributed by atoms with Crippen LogP contribution in [0.3, 0.4) is 0 Å². The average molecular weight is 515 g/mol. The number of likely N-dealkylation sites (tertiary alicyclic amines) is 1. The Hall–Kier alpha value is -2.81. The number of hydrogen-bond donors (Lipinski definition) is 1. The molecule has 0 aromatic heterocycles. The zero-order valence-corrected chi connectivity index (χ0v) is 20.8. The summed E-state index contributed by atoms with van der Waals surface area (Å²) >= 11 is 7.50. The van der Waals surface area contributed by atoms with Crippen molar-refractivity contribution in [3.63, 3.8) is 0 Å². The lowest BCUT2D eigenvalue weighted by Crippen LogP contribution is -2.28. The molecule has 1 fully saturated rings. The van der Waals surface area contributed by atoms with Crippen LogP contribution in [0.4, 0.5) is 5.69 Å². The van der Waals surface area contributed by atoms with Crippen LogP contribution in [-0.4, -0.2) is 44.4 Å². The minimum absolute atomic E-state index is 0.0547. The van der Waals surface area contributed by atoms with Crippen LogP contribution in [0, 0.1) is 0 Å². The molecule has 0 saturated carbocycles. The lowest BCUT2D eigenvalue weighted by atomic mass is 10.0. The van der Waals surface area contributed by atoms with E-state index in [1.807, 2.05) is 6.26 Å². The summed E-state index contributed by atoms with van der Waals surface area (Å²) in [6.07, 6.45) is 3.72. The van der Waals surface area contributed by atoms with Crippen LogP contribution in [0.25, 0.3) is 0 Å². The van der Waals surface area contributed by atoms with Gasteiger partial charge in [0.15, 0.2) is 5.78 Å². The van der Waals surface area contributed by atoms with Crippen LogP contribution in [-0.2, 0) is 10.0 Å². The van der Waals surface area contributed by atoms with Gasteiger partial charge in [0.1, 0.15) is 0 Å². The first-order valence-electron chi connectivity index (χ1n) is 10.7. The topological polar surface area (TPSA) is 83.5 Å². The number of carbonyl (C=O) groups is 2. The van der Waals surface area contributed by atoms with Crippen molar-refractivity contribution in [2.75, 3.05) is 24.1 Å². The SMILES string of the molecule is CSc1ccc(S(=O)(=O)Nc2ccc(Cl)cc2C(=O)c2ccccc2)cc1C(=O)N1CCCC1. The molecule has 176 valence electrons. The molecule has 0 atom stereocenters. The number of sulfonamides is 1. The molecule has 4 rings (SSSR count). The van der Waals surface area contributed by atoms with Crippen molar-refractivity contribution >= 4 is 50.8 Å². The second-order valence-corrected chi connectivity index (χ2v) is 10.8. The molecule has 1 aliphatic rings. The number of nitrogens with zero attached hydrogens (tertiary/aromatic N) is 1. The van der Waals surface area contributed by atoms with E-state index in [0.29, 0.717) is 34.1 Å². The van der Waals surface area contributed by atoms with Gasteiger partial charge in [-0.2, -0.15) is 0 Å². The quantitative estimate of drug-likeness (QED) is 0.340. The first-order valence-corrected chi connectivity index (χ1v) is 13.8. The lowest BCUT2D eigenvalue weighted by Gasteiger charge is -2.18. The zero-order chi connectivity index (χ0) is 24.3. The summed E-state index contributed by atoms with van der Waals surface area (Å²) < 4.78 is 29.1. The Bertz CT molecular complexity index is 1340. The van der Waals surface area contributed by atoms with E-state index >= 15 is 0 Å². The number of amides is 1. The Morgan fingerprint density at radius 3 is 2.32 bits per heavy atom. The van der Waals surface area contributed by atoms with Gasteiger partial charge >= 0.3 is 0 Å². The van der Waals surface area contributed by atoms with Crippen LogP contribution >= 0.6 is 23.4 Å². The minimum atomic E-state index is -4.09. The maximum atomic E-state index is 13.3. The Morgan fingerprint density at radius 2 is 1.65 bits per heavy atom. The molecule has 0 radical (unpaired) electrons. The van der Waals surface area contributed by atoms with Gasteiger partial charge in [-0.3, -0.25) is 14.3 Å². The fourth-order valence-electron chi connectivity index (χ4n) is 3.85. The number of halogens is 1. The Labute approximate surface area is 208 Å². The predicted octanol–water partition coefficient (Wildman–Crippen LogP) is 5.33. The molecule has 1 aliphatic heterocycles. The van der Waals surface area contributed by atoms with Gasteiger partial charge < -0.3 is 4.90 Å². The predicted molar refractivity (Wildman–Crippen MR) is 135 cm³/mol. The molecule has 9 heteroatoms. The van der Waals surface area contributed by atoms with Crippen molar-refractivity contribution in [3.05, 3.63) is 88.4 Å². The minimum Gasteiger partial charge on any atom is -0.339 e. The molecule has 0 spiro atoms. The van der Waals surface area contributed by atoms with Gasteiger partial charge in [0.2, 0.25) is 0 Å². The van der Waals surface area contributed by atoms with E-state index in [0.717, 1.165) is 12.8 Å². The van der Waals surface area contributed by atoms with Crippen molar-refractivity contribution in [1.29, 1.82) is 0 Å². The van der Waals surface area contributed by atoms with E-state index in [-0.39, 0.29) is 27.8 Å². The first-order chi connectivity index (χ1) is 16.3. The number of anilines is 1. The summed E-state index contributed by atoms with van der Waals surface area (Å²) in [5.41, 5.74) is 1.01. The third-order valence-corrected chi connectivity index (χ3v) is 8.01. The van der Waals surface area contributed by atoms with E-state index in [4.69, 9.17) is 11.6 Å². The molecular weight excluding hydrogens is 492 g/mol. The smallest absolute Gasteiger partial charge is 0.261 e. The van der Waals surface area contributed by atoms with Crippen LogP contribution in [0.15, 0.2) is 76.5 Å². The first kappa shape index (κ1) is 24.3. The van der Waals surface area contributed by atoms with Gasteiger partial charge in [-0.05, 0) is 55.5 Å². The monoisotopic (exact) mass is 514 g/mol. The molecule has 1 amide bonds. The summed E-state index contributed by atoms with van der Waals surface area (Å²) in [6.45, 7) is 1.33. The third kappa shape index (κ3) is 5.14. The Kier molecular flexibility index (Phi) is 7.30. The average Bonchev–Trinajstić information content (AvgIpc) is 3.39. The summed E-state index contributed by atoms with van der Waals surface area (Å²) in [5.74, 6) is -0.534. The molecule has 3 aromatic carbocycles. The second-order valence-electron chi connectivity index (χ2n) is 7.85. The number of hydrogen-bond acceptors (Lipinski definition) is 5. The van der Waals surface area contributed by atoms with Gasteiger partial charge in [0, 0.05) is 34.1 Å². The van der Waals surface area contributed by atoms with Gasteiger partial charge in [-0.1, -0.05) is 41.9 Å². The third-order valence-electron chi connectivity index (χ3n) is 5.61. The summed E-state index contributed by atoms with van der Waals surface area (Å²) in [6, 6.07) is 17.5. The van der Waals surface area contributed by atoms with Gasteiger partial charge in [0.05, 0.1) is 16.1 Å². The molecule has 0 bridgehead atoms. The maximum absolute atomic E-state index is 13.3. The number of rotatable bonds is 7. The van der Waals surface area contributed by atoms with Crippen molar-refractivity contribution in [3.8, 4) is 0 Å². The highest BCUT2D eigenvalue weighted by Crippen LogP contribution is 2.29. The molecule has 34 heavy (non-hydrogen) atoms. The highest BCUT2D eigenvalue weighted by molar-refractivity contribution is 7.98. The molecule has 6 nitrogen and oxygen atoms in total. The Morgan fingerprint density at radius 1 is 0.941 bits per heavy atom. The standard InChI is InChI=1S/C25H23ClN2O4S2/c1-33-23-12-10-19(16-21(23)25(30)28-13-5-6-14-28)34(31,32)27-22-11-9-18(26)15-20(22)24(29)17-7-3-2-4-8-17/h2-4,7-12,15-16,27H,5-6,13-14H2,1H3. The van der Waals surface area contributed by atoms with Crippen molar-refractivity contribution in [2.24, 2.45) is 0 Å². The number of thioether (sulfide) groups is 1. The van der Waals surface area contributed by atoms with Crippen LogP contribution < -0.4 is 4.72 Å².